The summed E-state index contributed by atoms with van der Waals surface area (Å²) in [6.45, 7) is 3.84. The highest BCUT2D eigenvalue weighted by atomic mass is 35.5. The van der Waals surface area contributed by atoms with Crippen molar-refractivity contribution in [3.63, 3.8) is 0 Å². The van der Waals surface area contributed by atoms with Crippen LogP contribution in [0.4, 0.5) is 5.69 Å². The van der Waals surface area contributed by atoms with Crippen molar-refractivity contribution >= 4 is 34.0 Å². The van der Waals surface area contributed by atoms with Crippen LogP contribution in [0.15, 0.2) is 24.3 Å². The van der Waals surface area contributed by atoms with Crippen LogP contribution in [-0.2, 0) is 10.0 Å². The number of amides is 1. The average Bonchev–Trinajstić information content (AvgIpc) is 2.38. The molecule has 1 amide bonds. The standard InChI is InChI=1S/C13H21N3O3S.ClH/c1-3-20(18,19)16-12-7-5-4-6-11(12)13(17)15-9-8-10(2)14;/h4-7,10,16H,3,8-9,14H2,1-2H3,(H,15,17);1H. The second kappa shape index (κ2) is 8.86. The predicted molar refractivity (Wildman–Crippen MR) is 87.4 cm³/mol. The first-order chi connectivity index (χ1) is 9.35. The van der Waals surface area contributed by atoms with Crippen molar-refractivity contribution in [1.82, 2.24) is 5.32 Å². The lowest BCUT2D eigenvalue weighted by Gasteiger charge is -2.12. The molecule has 0 spiro atoms. The fourth-order valence-corrected chi connectivity index (χ4v) is 2.18. The van der Waals surface area contributed by atoms with Gasteiger partial charge in [0.15, 0.2) is 0 Å². The van der Waals surface area contributed by atoms with E-state index in [0.717, 1.165) is 0 Å². The van der Waals surface area contributed by atoms with Crippen molar-refractivity contribution in [1.29, 1.82) is 0 Å². The highest BCUT2D eigenvalue weighted by molar-refractivity contribution is 7.92. The van der Waals surface area contributed by atoms with E-state index < -0.39 is 10.0 Å². The van der Waals surface area contributed by atoms with Crippen molar-refractivity contribution in [2.45, 2.75) is 26.3 Å². The normalized spacial score (nSPS) is 12.1. The molecule has 0 aliphatic carbocycles. The molecular formula is C13H22ClN3O3S. The molecule has 8 heteroatoms. The number of nitrogens with two attached hydrogens (primary N) is 1. The van der Waals surface area contributed by atoms with Crippen molar-refractivity contribution in [2.24, 2.45) is 5.73 Å². The molecule has 1 atom stereocenters. The van der Waals surface area contributed by atoms with Crippen molar-refractivity contribution in [3.8, 4) is 0 Å². The van der Waals surface area contributed by atoms with E-state index in [4.69, 9.17) is 5.73 Å². The van der Waals surface area contributed by atoms with E-state index in [2.05, 4.69) is 10.0 Å². The molecule has 1 rings (SSSR count). The van der Waals surface area contributed by atoms with Crippen LogP contribution in [0.25, 0.3) is 0 Å². The number of para-hydroxylation sites is 1. The summed E-state index contributed by atoms with van der Waals surface area (Å²) in [5, 5.41) is 2.72. The summed E-state index contributed by atoms with van der Waals surface area (Å²) in [6, 6.07) is 6.50. The van der Waals surface area contributed by atoms with Gasteiger partial charge in [0, 0.05) is 12.6 Å². The lowest BCUT2D eigenvalue weighted by molar-refractivity contribution is 0.0953. The number of hydrogen-bond donors (Lipinski definition) is 3. The molecule has 1 unspecified atom stereocenters. The van der Waals surface area contributed by atoms with Gasteiger partial charge in [0.1, 0.15) is 0 Å². The number of nitrogens with one attached hydrogen (secondary N) is 2. The molecule has 0 saturated carbocycles. The number of carbonyl (C=O) groups excluding carboxylic acids is 1. The van der Waals surface area contributed by atoms with Gasteiger partial charge in [-0.25, -0.2) is 8.42 Å². The van der Waals surface area contributed by atoms with Gasteiger partial charge in [-0.2, -0.15) is 0 Å². The first-order valence-corrected chi connectivity index (χ1v) is 8.14. The molecule has 0 heterocycles. The average molecular weight is 336 g/mol. The van der Waals surface area contributed by atoms with Gasteiger partial charge in [-0.15, -0.1) is 12.4 Å². The molecule has 6 nitrogen and oxygen atoms in total. The first kappa shape index (κ1) is 19.7. The van der Waals surface area contributed by atoms with Gasteiger partial charge in [-0.3, -0.25) is 9.52 Å². The summed E-state index contributed by atoms with van der Waals surface area (Å²) in [4.78, 5) is 12.0. The smallest absolute Gasteiger partial charge is 0.253 e. The van der Waals surface area contributed by atoms with Crippen LogP contribution in [0.5, 0.6) is 0 Å². The quantitative estimate of drug-likeness (QED) is 0.699. The molecule has 0 aliphatic rings. The Bertz CT molecular complexity index is 562. The van der Waals surface area contributed by atoms with Crippen LogP contribution in [0.3, 0.4) is 0 Å². The molecule has 1 aromatic rings. The third-order valence-electron chi connectivity index (χ3n) is 2.70. The molecule has 0 saturated heterocycles. The number of halogens is 1. The van der Waals surface area contributed by atoms with Crippen LogP contribution in [0.1, 0.15) is 30.6 Å². The second-order valence-corrected chi connectivity index (χ2v) is 6.58. The Morgan fingerprint density at radius 3 is 2.52 bits per heavy atom. The molecule has 4 N–H and O–H groups in total. The maximum atomic E-state index is 12.0. The molecule has 0 radical (unpaired) electrons. The van der Waals surface area contributed by atoms with Crippen molar-refractivity contribution in [3.05, 3.63) is 29.8 Å². The van der Waals surface area contributed by atoms with Gasteiger partial charge in [-0.05, 0) is 32.4 Å². The maximum Gasteiger partial charge on any atom is 0.253 e. The third kappa shape index (κ3) is 6.79. The van der Waals surface area contributed by atoms with E-state index in [9.17, 15) is 13.2 Å². The number of sulfonamides is 1. The monoisotopic (exact) mass is 335 g/mol. The summed E-state index contributed by atoms with van der Waals surface area (Å²) < 4.78 is 25.6. The Labute approximate surface area is 132 Å². The largest absolute Gasteiger partial charge is 0.352 e. The summed E-state index contributed by atoms with van der Waals surface area (Å²) >= 11 is 0. The number of carbonyl (C=O) groups is 1. The maximum absolute atomic E-state index is 12.0. The Morgan fingerprint density at radius 1 is 1.33 bits per heavy atom. The number of anilines is 1. The summed E-state index contributed by atoms with van der Waals surface area (Å²) in [5.41, 5.74) is 6.19. The molecular weight excluding hydrogens is 314 g/mol. The van der Waals surface area contributed by atoms with Gasteiger partial charge in [-0.1, -0.05) is 12.1 Å². The Kier molecular flexibility index (Phi) is 8.31. The first-order valence-electron chi connectivity index (χ1n) is 6.49. The lowest BCUT2D eigenvalue weighted by Crippen LogP contribution is -2.29. The highest BCUT2D eigenvalue weighted by Gasteiger charge is 2.14. The zero-order valence-electron chi connectivity index (χ0n) is 12.1. The molecule has 0 bridgehead atoms. The molecule has 120 valence electrons. The van der Waals surface area contributed by atoms with E-state index in [1.807, 2.05) is 6.92 Å². The van der Waals surface area contributed by atoms with Gasteiger partial charge >= 0.3 is 0 Å². The van der Waals surface area contributed by atoms with Gasteiger partial charge in [0.25, 0.3) is 5.91 Å². The van der Waals surface area contributed by atoms with Crippen LogP contribution in [0.2, 0.25) is 0 Å². The molecule has 1 aromatic carbocycles. The fraction of sp³-hybridized carbons (Fsp3) is 0.462. The number of hydrogen-bond acceptors (Lipinski definition) is 4. The number of benzene rings is 1. The van der Waals surface area contributed by atoms with Crippen molar-refractivity contribution < 1.29 is 13.2 Å². The second-order valence-electron chi connectivity index (χ2n) is 4.57. The minimum absolute atomic E-state index is 0. The highest BCUT2D eigenvalue weighted by Crippen LogP contribution is 2.16. The van der Waals surface area contributed by atoms with E-state index in [0.29, 0.717) is 18.5 Å². The van der Waals surface area contributed by atoms with E-state index in [1.54, 1.807) is 24.3 Å². The topological polar surface area (TPSA) is 101 Å². The van der Waals surface area contributed by atoms with Crippen molar-refractivity contribution in [2.75, 3.05) is 17.0 Å². The molecule has 0 aliphatic heterocycles. The van der Waals surface area contributed by atoms with E-state index in [1.165, 1.54) is 6.92 Å². The van der Waals surface area contributed by atoms with Crippen LogP contribution >= 0.6 is 12.4 Å². The lowest BCUT2D eigenvalue weighted by atomic mass is 10.1. The van der Waals surface area contributed by atoms with Gasteiger partial charge in [0.2, 0.25) is 10.0 Å². The summed E-state index contributed by atoms with van der Waals surface area (Å²) in [6.07, 6.45) is 0.661. The minimum atomic E-state index is -3.41. The van der Waals surface area contributed by atoms with Gasteiger partial charge < -0.3 is 11.1 Å². The zero-order valence-corrected chi connectivity index (χ0v) is 13.8. The Balaban J connectivity index is 0.00000400. The van der Waals surface area contributed by atoms with E-state index >= 15 is 0 Å². The SMILES string of the molecule is CCS(=O)(=O)Nc1ccccc1C(=O)NCCC(C)N.Cl. The molecule has 0 aromatic heterocycles. The third-order valence-corrected chi connectivity index (χ3v) is 3.99. The summed E-state index contributed by atoms with van der Waals surface area (Å²) in [7, 11) is -3.41. The molecule has 0 fully saturated rings. The van der Waals surface area contributed by atoms with Crippen LogP contribution in [-0.4, -0.2) is 32.7 Å². The van der Waals surface area contributed by atoms with Crippen LogP contribution in [0, 0.1) is 0 Å². The summed E-state index contributed by atoms with van der Waals surface area (Å²) in [5.74, 6) is -0.367. The van der Waals surface area contributed by atoms with Crippen LogP contribution < -0.4 is 15.8 Å². The minimum Gasteiger partial charge on any atom is -0.352 e. The molecule has 21 heavy (non-hydrogen) atoms. The fourth-order valence-electron chi connectivity index (χ4n) is 1.52. The van der Waals surface area contributed by atoms with E-state index in [-0.39, 0.29) is 35.8 Å². The zero-order chi connectivity index (χ0) is 15.2. The Hall–Kier alpha value is -1.31. The number of rotatable bonds is 7. The van der Waals surface area contributed by atoms with Gasteiger partial charge in [0.05, 0.1) is 17.0 Å². The predicted octanol–water partition coefficient (Wildman–Crippen LogP) is 1.34. The Morgan fingerprint density at radius 2 is 1.95 bits per heavy atom.